The number of halogens is 1. The van der Waals surface area contributed by atoms with E-state index in [4.69, 9.17) is 4.74 Å². The molecule has 1 amide bonds. The Labute approximate surface area is 218 Å². The number of piperazine rings is 1. The largest absolute Gasteiger partial charge is 0.492 e. The topological polar surface area (TPSA) is 32.8 Å². The number of nitrogens with zero attached hydrogens (tertiary/aromatic N) is 2. The second-order valence-corrected chi connectivity index (χ2v) is 9.96. The van der Waals surface area contributed by atoms with E-state index in [0.29, 0.717) is 25.3 Å². The molecule has 1 aliphatic rings. The molecule has 0 aliphatic carbocycles. The molecule has 4 rings (SSSR count). The number of unbranched alkanes of at least 4 members (excludes halogenated alkanes) is 3. The second kappa shape index (κ2) is 12.9. The second-order valence-electron chi connectivity index (χ2n) is 9.11. The normalized spacial score (nSPS) is 14.3. The lowest BCUT2D eigenvalue weighted by molar-refractivity contribution is 0.0597. The van der Waals surface area contributed by atoms with Gasteiger partial charge in [-0.3, -0.25) is 9.69 Å². The first-order valence-corrected chi connectivity index (χ1v) is 13.5. The van der Waals surface area contributed by atoms with Gasteiger partial charge >= 0.3 is 0 Å². The molecular formula is C30H35BrN2O2. The third-order valence-corrected chi connectivity index (χ3v) is 7.25. The number of ether oxygens (including phenoxy) is 1. The molecule has 0 spiro atoms. The standard InChI is InChI=1S/C30H35BrN2O2/c1-2-3-4-11-22-35-28-17-16-26(23-27(28)31)30(34)33-20-18-32(19-21-33)29(24-12-7-5-8-13-24)25-14-9-6-10-15-25/h5-10,12-17,23,29H,2-4,11,18-22H2,1H3. The van der Waals surface area contributed by atoms with Crippen LogP contribution in [-0.4, -0.2) is 48.5 Å². The number of benzene rings is 3. The molecule has 1 saturated heterocycles. The Balaban J connectivity index is 1.38. The van der Waals surface area contributed by atoms with Gasteiger partial charge in [0, 0.05) is 31.7 Å². The van der Waals surface area contributed by atoms with Gasteiger partial charge in [0.05, 0.1) is 17.1 Å². The van der Waals surface area contributed by atoms with Gasteiger partial charge in [0.15, 0.2) is 0 Å². The SMILES string of the molecule is CCCCCCOc1ccc(C(=O)N2CCN(C(c3ccccc3)c3ccccc3)CC2)cc1Br. The van der Waals surface area contributed by atoms with Gasteiger partial charge in [-0.2, -0.15) is 0 Å². The predicted octanol–water partition coefficient (Wildman–Crippen LogP) is 6.96. The summed E-state index contributed by atoms with van der Waals surface area (Å²) in [5, 5.41) is 0. The molecule has 0 atom stereocenters. The molecule has 0 bridgehead atoms. The van der Waals surface area contributed by atoms with E-state index in [1.807, 2.05) is 23.1 Å². The van der Waals surface area contributed by atoms with Crippen molar-refractivity contribution in [3.63, 3.8) is 0 Å². The summed E-state index contributed by atoms with van der Waals surface area (Å²) >= 11 is 3.60. The van der Waals surface area contributed by atoms with Gasteiger partial charge in [0.1, 0.15) is 5.75 Å². The smallest absolute Gasteiger partial charge is 0.253 e. The number of amides is 1. The van der Waals surface area contributed by atoms with Crippen molar-refractivity contribution < 1.29 is 9.53 Å². The highest BCUT2D eigenvalue weighted by Crippen LogP contribution is 2.30. The van der Waals surface area contributed by atoms with E-state index in [1.165, 1.54) is 30.4 Å². The van der Waals surface area contributed by atoms with E-state index in [0.717, 1.165) is 29.7 Å². The number of rotatable bonds is 10. The minimum atomic E-state index is 0.0795. The number of hydrogen-bond acceptors (Lipinski definition) is 3. The van der Waals surface area contributed by atoms with Crippen LogP contribution in [0.4, 0.5) is 0 Å². The minimum absolute atomic E-state index is 0.0795. The molecule has 5 heteroatoms. The van der Waals surface area contributed by atoms with Gasteiger partial charge in [-0.1, -0.05) is 86.8 Å². The Morgan fingerprint density at radius 1 is 0.857 bits per heavy atom. The van der Waals surface area contributed by atoms with E-state index in [9.17, 15) is 4.79 Å². The maximum absolute atomic E-state index is 13.3. The lowest BCUT2D eigenvalue weighted by atomic mass is 9.96. The molecule has 0 saturated carbocycles. The molecule has 184 valence electrons. The van der Waals surface area contributed by atoms with E-state index >= 15 is 0 Å². The fourth-order valence-electron chi connectivity index (χ4n) is 4.71. The molecule has 3 aromatic carbocycles. The fraction of sp³-hybridized carbons (Fsp3) is 0.367. The summed E-state index contributed by atoms with van der Waals surface area (Å²) in [5.74, 6) is 0.882. The van der Waals surface area contributed by atoms with Crippen molar-refractivity contribution in [3.8, 4) is 5.75 Å². The van der Waals surface area contributed by atoms with Crippen LogP contribution >= 0.6 is 15.9 Å². The van der Waals surface area contributed by atoms with Crippen molar-refractivity contribution in [2.75, 3.05) is 32.8 Å². The third-order valence-electron chi connectivity index (χ3n) is 6.63. The zero-order valence-corrected chi connectivity index (χ0v) is 22.1. The summed E-state index contributed by atoms with van der Waals surface area (Å²) in [4.78, 5) is 17.7. The van der Waals surface area contributed by atoms with Crippen molar-refractivity contribution in [3.05, 3.63) is 100 Å². The zero-order chi connectivity index (χ0) is 24.5. The van der Waals surface area contributed by atoms with Gasteiger partial charge in [0.25, 0.3) is 5.91 Å². The lowest BCUT2D eigenvalue weighted by Gasteiger charge is -2.39. The molecule has 1 aliphatic heterocycles. The summed E-state index contributed by atoms with van der Waals surface area (Å²) in [7, 11) is 0. The highest BCUT2D eigenvalue weighted by atomic mass is 79.9. The molecule has 4 nitrogen and oxygen atoms in total. The molecule has 0 unspecified atom stereocenters. The molecular weight excluding hydrogens is 500 g/mol. The van der Waals surface area contributed by atoms with Crippen LogP contribution in [0.2, 0.25) is 0 Å². The average molecular weight is 536 g/mol. The Kier molecular flexibility index (Phi) is 9.38. The van der Waals surface area contributed by atoms with E-state index in [1.54, 1.807) is 0 Å². The van der Waals surface area contributed by atoms with Gasteiger partial charge in [-0.15, -0.1) is 0 Å². The maximum atomic E-state index is 13.3. The zero-order valence-electron chi connectivity index (χ0n) is 20.5. The van der Waals surface area contributed by atoms with Crippen LogP contribution < -0.4 is 4.74 Å². The minimum Gasteiger partial charge on any atom is -0.492 e. The van der Waals surface area contributed by atoms with Crippen molar-refractivity contribution >= 4 is 21.8 Å². The first-order chi connectivity index (χ1) is 17.2. The molecule has 0 N–H and O–H groups in total. The molecule has 0 aromatic heterocycles. The summed E-state index contributed by atoms with van der Waals surface area (Å²) in [6, 6.07) is 27.2. The molecule has 0 radical (unpaired) electrons. The van der Waals surface area contributed by atoms with Gasteiger partial charge in [-0.25, -0.2) is 0 Å². The Morgan fingerprint density at radius 3 is 2.06 bits per heavy atom. The van der Waals surface area contributed by atoms with Crippen molar-refractivity contribution in [1.29, 1.82) is 0 Å². The van der Waals surface area contributed by atoms with Crippen LogP contribution in [0.25, 0.3) is 0 Å². The van der Waals surface area contributed by atoms with E-state index < -0.39 is 0 Å². The third kappa shape index (κ3) is 6.74. The van der Waals surface area contributed by atoms with Crippen LogP contribution in [0.1, 0.15) is 60.1 Å². The molecule has 3 aromatic rings. The monoisotopic (exact) mass is 534 g/mol. The number of carbonyl (C=O) groups is 1. The molecule has 1 fully saturated rings. The van der Waals surface area contributed by atoms with Crippen molar-refractivity contribution in [1.82, 2.24) is 9.80 Å². The quantitative estimate of drug-likeness (QED) is 0.263. The highest BCUT2D eigenvalue weighted by Gasteiger charge is 2.28. The summed E-state index contributed by atoms with van der Waals surface area (Å²) in [5.41, 5.74) is 3.27. The van der Waals surface area contributed by atoms with Crippen LogP contribution in [0.15, 0.2) is 83.3 Å². The average Bonchev–Trinajstić information content (AvgIpc) is 2.91. The number of hydrogen-bond donors (Lipinski definition) is 0. The first kappa shape index (κ1) is 25.5. The number of carbonyl (C=O) groups excluding carboxylic acids is 1. The fourth-order valence-corrected chi connectivity index (χ4v) is 5.21. The summed E-state index contributed by atoms with van der Waals surface area (Å²) in [6.07, 6.45) is 4.70. The molecule has 1 heterocycles. The van der Waals surface area contributed by atoms with Crippen molar-refractivity contribution in [2.45, 2.75) is 38.6 Å². The van der Waals surface area contributed by atoms with Crippen LogP contribution in [-0.2, 0) is 0 Å². The van der Waals surface area contributed by atoms with Crippen molar-refractivity contribution in [2.24, 2.45) is 0 Å². The Morgan fingerprint density at radius 2 is 1.49 bits per heavy atom. The molecule has 35 heavy (non-hydrogen) atoms. The van der Waals surface area contributed by atoms with Gasteiger partial charge in [0.2, 0.25) is 0 Å². The Hall–Kier alpha value is -2.63. The van der Waals surface area contributed by atoms with Crippen LogP contribution in [0, 0.1) is 0 Å². The van der Waals surface area contributed by atoms with Crippen LogP contribution in [0.3, 0.4) is 0 Å². The first-order valence-electron chi connectivity index (χ1n) is 12.7. The van der Waals surface area contributed by atoms with Crippen LogP contribution in [0.5, 0.6) is 5.75 Å². The van der Waals surface area contributed by atoms with Gasteiger partial charge in [-0.05, 0) is 51.7 Å². The summed E-state index contributed by atoms with van der Waals surface area (Å²) in [6.45, 7) is 6.00. The summed E-state index contributed by atoms with van der Waals surface area (Å²) < 4.78 is 6.75. The lowest BCUT2D eigenvalue weighted by Crippen LogP contribution is -2.49. The van der Waals surface area contributed by atoms with E-state index in [-0.39, 0.29) is 11.9 Å². The maximum Gasteiger partial charge on any atom is 0.253 e. The highest BCUT2D eigenvalue weighted by molar-refractivity contribution is 9.10. The Bertz CT molecular complexity index is 1030. The van der Waals surface area contributed by atoms with E-state index in [2.05, 4.69) is 88.4 Å². The predicted molar refractivity (Wildman–Crippen MR) is 146 cm³/mol. The van der Waals surface area contributed by atoms with Gasteiger partial charge < -0.3 is 9.64 Å².